The molecule has 6 aromatic rings. The fourth-order valence-corrected chi connectivity index (χ4v) is 4.60. The van der Waals surface area contributed by atoms with E-state index < -0.39 is 5.69 Å². The van der Waals surface area contributed by atoms with E-state index in [1.807, 2.05) is 89.5 Å². The van der Waals surface area contributed by atoms with E-state index in [0.29, 0.717) is 35.9 Å². The summed E-state index contributed by atoms with van der Waals surface area (Å²) in [7, 11) is 3.14. The van der Waals surface area contributed by atoms with E-state index in [1.165, 1.54) is 11.6 Å². The second kappa shape index (κ2) is 8.94. The fraction of sp³-hybridized carbons (Fsp3) is 0.143. The van der Waals surface area contributed by atoms with Gasteiger partial charge in [0, 0.05) is 19.7 Å². The molecule has 37 heavy (non-hydrogen) atoms. The molecule has 0 saturated heterocycles. The topological polar surface area (TPSA) is 88.3 Å². The van der Waals surface area contributed by atoms with Crippen LogP contribution < -0.4 is 16.0 Å². The highest BCUT2D eigenvalue weighted by Crippen LogP contribution is 2.26. The van der Waals surface area contributed by atoms with Gasteiger partial charge in [0.05, 0.1) is 6.54 Å². The molecular formula is C28H24N6O3. The SMILES string of the molecule is Cn1c(=O)c2c(n(C)c1=O)n1c(-c3ccc(OCc4ccccc4)cc3)nnc1n2Cc1ccccc1. The number of benzene rings is 3. The first kappa shape index (κ1) is 22.5. The van der Waals surface area contributed by atoms with Gasteiger partial charge in [-0.1, -0.05) is 60.7 Å². The molecule has 0 aliphatic heterocycles. The van der Waals surface area contributed by atoms with E-state index in [2.05, 4.69) is 10.2 Å². The third kappa shape index (κ3) is 3.81. The number of ether oxygens (including phenoxy) is 1. The Labute approximate surface area is 211 Å². The van der Waals surface area contributed by atoms with Gasteiger partial charge in [0.25, 0.3) is 5.56 Å². The number of aromatic nitrogens is 6. The quantitative estimate of drug-likeness (QED) is 0.356. The molecule has 6 rings (SSSR count). The molecule has 0 saturated carbocycles. The predicted molar refractivity (Wildman–Crippen MR) is 141 cm³/mol. The van der Waals surface area contributed by atoms with Crippen molar-refractivity contribution in [1.29, 1.82) is 0 Å². The third-order valence-electron chi connectivity index (χ3n) is 6.52. The normalized spacial score (nSPS) is 11.4. The lowest BCUT2D eigenvalue weighted by Gasteiger charge is -2.08. The smallest absolute Gasteiger partial charge is 0.332 e. The molecule has 0 fully saturated rings. The summed E-state index contributed by atoms with van der Waals surface area (Å²) < 4.78 is 12.1. The summed E-state index contributed by atoms with van der Waals surface area (Å²) in [5.74, 6) is 1.74. The van der Waals surface area contributed by atoms with Gasteiger partial charge < -0.3 is 4.74 Å². The number of nitrogens with zero attached hydrogens (tertiary/aromatic N) is 6. The van der Waals surface area contributed by atoms with Crippen molar-refractivity contribution >= 4 is 16.9 Å². The van der Waals surface area contributed by atoms with Gasteiger partial charge in [0.1, 0.15) is 12.4 Å². The van der Waals surface area contributed by atoms with Crippen molar-refractivity contribution < 1.29 is 4.74 Å². The highest BCUT2D eigenvalue weighted by Gasteiger charge is 2.24. The molecule has 0 aliphatic carbocycles. The van der Waals surface area contributed by atoms with Crippen LogP contribution in [0.15, 0.2) is 94.5 Å². The summed E-state index contributed by atoms with van der Waals surface area (Å²) in [4.78, 5) is 26.2. The lowest BCUT2D eigenvalue weighted by molar-refractivity contribution is 0.306. The lowest BCUT2D eigenvalue weighted by atomic mass is 10.2. The average Bonchev–Trinajstić information content (AvgIpc) is 3.50. The second-order valence-corrected chi connectivity index (χ2v) is 8.91. The molecule has 3 heterocycles. The van der Waals surface area contributed by atoms with E-state index in [0.717, 1.165) is 27.0 Å². The lowest BCUT2D eigenvalue weighted by Crippen LogP contribution is -2.37. The van der Waals surface area contributed by atoms with Gasteiger partial charge in [0.2, 0.25) is 5.78 Å². The van der Waals surface area contributed by atoms with Crippen LogP contribution in [0, 0.1) is 0 Å². The first-order valence-electron chi connectivity index (χ1n) is 11.9. The largest absolute Gasteiger partial charge is 0.489 e. The summed E-state index contributed by atoms with van der Waals surface area (Å²) in [6.07, 6.45) is 0. The van der Waals surface area contributed by atoms with Crippen LogP contribution in [0.2, 0.25) is 0 Å². The molecule has 0 N–H and O–H groups in total. The van der Waals surface area contributed by atoms with E-state index in [1.54, 1.807) is 11.4 Å². The van der Waals surface area contributed by atoms with Crippen molar-refractivity contribution in [3.05, 3.63) is 117 Å². The minimum absolute atomic E-state index is 0.379. The molecule has 0 amide bonds. The minimum Gasteiger partial charge on any atom is -0.489 e. The highest BCUT2D eigenvalue weighted by atomic mass is 16.5. The van der Waals surface area contributed by atoms with Crippen molar-refractivity contribution in [3.8, 4) is 17.1 Å². The number of fused-ring (bicyclic) bond motifs is 3. The molecular weight excluding hydrogens is 468 g/mol. The van der Waals surface area contributed by atoms with Crippen molar-refractivity contribution in [2.24, 2.45) is 14.1 Å². The molecule has 0 atom stereocenters. The maximum Gasteiger partial charge on any atom is 0.332 e. The average molecular weight is 493 g/mol. The standard InChI is InChI=1S/C28H24N6O3/c1-31-25-23(26(35)32(2)28(31)36)33(17-19-9-5-3-6-10-19)27-30-29-24(34(25)27)21-13-15-22(16-14-21)37-18-20-11-7-4-8-12-20/h3-16H,17-18H2,1-2H3. The van der Waals surface area contributed by atoms with Crippen LogP contribution in [0.5, 0.6) is 5.75 Å². The molecule has 0 radical (unpaired) electrons. The Kier molecular flexibility index (Phi) is 5.45. The number of hydrogen-bond donors (Lipinski definition) is 0. The summed E-state index contributed by atoms with van der Waals surface area (Å²) in [6.45, 7) is 0.874. The van der Waals surface area contributed by atoms with Gasteiger partial charge in [-0.25, -0.2) is 9.20 Å². The molecule has 9 heteroatoms. The maximum absolute atomic E-state index is 13.3. The number of aryl methyl sites for hydroxylation is 1. The van der Waals surface area contributed by atoms with Crippen molar-refractivity contribution in [2.75, 3.05) is 0 Å². The van der Waals surface area contributed by atoms with Crippen LogP contribution in [0.25, 0.3) is 28.3 Å². The maximum atomic E-state index is 13.3. The predicted octanol–water partition coefficient (Wildman–Crippen LogP) is 3.38. The Balaban J connectivity index is 1.48. The zero-order valence-corrected chi connectivity index (χ0v) is 20.4. The van der Waals surface area contributed by atoms with Crippen molar-refractivity contribution in [3.63, 3.8) is 0 Å². The second-order valence-electron chi connectivity index (χ2n) is 8.91. The van der Waals surface area contributed by atoms with Crippen LogP contribution in [0.3, 0.4) is 0 Å². The van der Waals surface area contributed by atoms with Crippen LogP contribution in [-0.4, -0.2) is 28.3 Å². The molecule has 3 aromatic heterocycles. The monoisotopic (exact) mass is 492 g/mol. The van der Waals surface area contributed by atoms with Gasteiger partial charge in [0.15, 0.2) is 17.0 Å². The summed E-state index contributed by atoms with van der Waals surface area (Å²) in [5, 5.41) is 8.90. The van der Waals surface area contributed by atoms with Crippen molar-refractivity contribution in [2.45, 2.75) is 13.2 Å². The van der Waals surface area contributed by atoms with Gasteiger partial charge in [-0.15, -0.1) is 10.2 Å². The Morgan fingerprint density at radius 1 is 0.757 bits per heavy atom. The van der Waals surface area contributed by atoms with Crippen LogP contribution in [-0.2, 0) is 27.2 Å². The molecule has 0 aliphatic rings. The third-order valence-corrected chi connectivity index (χ3v) is 6.52. The van der Waals surface area contributed by atoms with E-state index in [9.17, 15) is 9.59 Å². The van der Waals surface area contributed by atoms with Crippen LogP contribution in [0.4, 0.5) is 0 Å². The first-order valence-corrected chi connectivity index (χ1v) is 11.9. The Morgan fingerprint density at radius 3 is 2.08 bits per heavy atom. The molecule has 0 spiro atoms. The van der Waals surface area contributed by atoms with Gasteiger partial charge in [-0.2, -0.15) is 0 Å². The summed E-state index contributed by atoms with van der Waals surface area (Å²) in [5.41, 5.74) is 2.91. The summed E-state index contributed by atoms with van der Waals surface area (Å²) >= 11 is 0. The van der Waals surface area contributed by atoms with Gasteiger partial charge >= 0.3 is 5.69 Å². The van der Waals surface area contributed by atoms with Crippen LogP contribution >= 0.6 is 0 Å². The number of rotatable bonds is 6. The van der Waals surface area contributed by atoms with Gasteiger partial charge in [-0.3, -0.25) is 18.5 Å². The van der Waals surface area contributed by atoms with Crippen molar-refractivity contribution in [1.82, 2.24) is 28.3 Å². The minimum atomic E-state index is -0.416. The Morgan fingerprint density at radius 2 is 1.41 bits per heavy atom. The Bertz CT molecular complexity index is 1850. The first-order chi connectivity index (χ1) is 18.0. The van der Waals surface area contributed by atoms with E-state index >= 15 is 0 Å². The zero-order chi connectivity index (χ0) is 25.5. The zero-order valence-electron chi connectivity index (χ0n) is 20.4. The molecule has 3 aromatic carbocycles. The van der Waals surface area contributed by atoms with Crippen LogP contribution in [0.1, 0.15) is 11.1 Å². The van der Waals surface area contributed by atoms with E-state index in [-0.39, 0.29) is 5.56 Å². The highest BCUT2D eigenvalue weighted by molar-refractivity contribution is 5.80. The van der Waals surface area contributed by atoms with E-state index in [4.69, 9.17) is 4.74 Å². The number of imidazole rings is 1. The molecule has 9 nitrogen and oxygen atoms in total. The summed E-state index contributed by atoms with van der Waals surface area (Å²) in [6, 6.07) is 27.3. The molecule has 184 valence electrons. The fourth-order valence-electron chi connectivity index (χ4n) is 4.60. The van der Waals surface area contributed by atoms with Gasteiger partial charge in [-0.05, 0) is 35.4 Å². The Hall–Kier alpha value is -4.92. The molecule has 0 unspecified atom stereocenters. The molecule has 0 bridgehead atoms. The number of hydrogen-bond acceptors (Lipinski definition) is 5.